The number of rotatable bonds is 8. The Kier molecular flexibility index (Phi) is 11.9. The molecule has 0 N–H and O–H groups in total. The maximum Gasteiger partial charge on any atom is 0.266 e. The van der Waals surface area contributed by atoms with Crippen molar-refractivity contribution >= 4 is 64.1 Å². The summed E-state index contributed by atoms with van der Waals surface area (Å²) in [5.74, 6) is 6.66. The van der Waals surface area contributed by atoms with Crippen LogP contribution in [0.2, 0.25) is 0 Å². The van der Waals surface area contributed by atoms with E-state index >= 15 is 0 Å². The van der Waals surface area contributed by atoms with Gasteiger partial charge in [-0.25, -0.2) is 14.7 Å². The molecule has 2 aliphatic carbocycles. The maximum atomic E-state index is 14.0. The van der Waals surface area contributed by atoms with Crippen LogP contribution in [0, 0.1) is 41.4 Å². The van der Waals surface area contributed by atoms with Gasteiger partial charge in [-0.15, -0.1) is 0 Å². The van der Waals surface area contributed by atoms with Crippen LogP contribution in [0.25, 0.3) is 0 Å². The minimum Gasteiger partial charge on any atom is -0.457 e. The van der Waals surface area contributed by atoms with Gasteiger partial charge in [-0.3, -0.25) is 38.4 Å². The van der Waals surface area contributed by atoms with Gasteiger partial charge in [-0.2, -0.15) is 0 Å². The van der Waals surface area contributed by atoms with Gasteiger partial charge in [0.25, 0.3) is 29.5 Å². The molecule has 13 heteroatoms. The molecule has 8 aromatic rings. The van der Waals surface area contributed by atoms with Crippen LogP contribution < -0.4 is 24.2 Å². The largest absolute Gasteiger partial charge is 0.457 e. The van der Waals surface area contributed by atoms with E-state index < -0.39 is 59.1 Å². The normalized spacial score (nSPS) is 18.7. The lowest BCUT2D eigenvalue weighted by Crippen LogP contribution is -2.31. The fraction of sp³-hybridized carbons (Fsp3) is 0.0746. The second-order valence-electron chi connectivity index (χ2n) is 19.7. The van der Waals surface area contributed by atoms with E-state index in [1.54, 1.807) is 133 Å². The van der Waals surface area contributed by atoms with Gasteiger partial charge < -0.3 is 9.47 Å². The van der Waals surface area contributed by atoms with Crippen molar-refractivity contribution < 1.29 is 47.8 Å². The van der Waals surface area contributed by atoms with Gasteiger partial charge in [0.2, 0.25) is 5.91 Å². The molecule has 1 saturated carbocycles. The summed E-state index contributed by atoms with van der Waals surface area (Å²) in [6, 6.07) is 54.6. The third-order valence-corrected chi connectivity index (χ3v) is 14.9. The Balaban J connectivity index is 0.627. The number of carbonyl (C=O) groups excluding carboxylic acids is 8. The molecule has 80 heavy (non-hydrogen) atoms. The SMILES string of the molecule is O=C1C(c2ccc(Oc3ccc(N4C(=O)c5ccc(C#Cc6ccccc6)cc5C4=O)cc3)cc2)C(=O)C2CC3C(=O)N(c4ccc(Oc5ccc(N6C(=O)c7ccc(C#Cc8ccccc8)cc7C6=O)cc5)cc4)C(=O)C3=CC12. The molecule has 13 rings (SSSR count). The van der Waals surface area contributed by atoms with Gasteiger partial charge >= 0.3 is 0 Å². The molecule has 6 amide bonds. The number of nitrogens with zero attached hydrogens (tertiary/aromatic N) is 3. The number of hydrogen-bond acceptors (Lipinski definition) is 10. The summed E-state index contributed by atoms with van der Waals surface area (Å²) >= 11 is 0. The van der Waals surface area contributed by atoms with E-state index in [2.05, 4.69) is 23.7 Å². The summed E-state index contributed by atoms with van der Waals surface area (Å²) < 4.78 is 12.1. The number of Topliss-reactive ketones (excluding diaryl/α,β-unsaturated/α-hetero) is 2. The Hall–Kier alpha value is -11.0. The molecule has 13 nitrogen and oxygen atoms in total. The molecule has 0 aromatic heterocycles. The molecule has 5 aliphatic rings. The lowest BCUT2D eigenvalue weighted by molar-refractivity contribution is -0.125. The van der Waals surface area contributed by atoms with Gasteiger partial charge in [0.15, 0.2) is 11.6 Å². The molecule has 1 saturated heterocycles. The van der Waals surface area contributed by atoms with Crippen LogP contribution >= 0.6 is 0 Å². The Labute approximate surface area is 457 Å². The first-order chi connectivity index (χ1) is 38.9. The van der Waals surface area contributed by atoms with E-state index in [1.807, 2.05) is 60.7 Å². The summed E-state index contributed by atoms with van der Waals surface area (Å²) in [6.07, 6.45) is 1.52. The summed E-state index contributed by atoms with van der Waals surface area (Å²) in [7, 11) is 0. The van der Waals surface area contributed by atoms with Crippen LogP contribution in [0.3, 0.4) is 0 Å². The van der Waals surface area contributed by atoms with E-state index in [0.717, 1.165) is 25.8 Å². The number of anilines is 3. The molecule has 4 atom stereocenters. The molecule has 0 radical (unpaired) electrons. The number of fused-ring (bicyclic) bond motifs is 4. The number of benzene rings is 8. The zero-order valence-corrected chi connectivity index (χ0v) is 42.0. The van der Waals surface area contributed by atoms with Crippen LogP contribution in [0.5, 0.6) is 23.0 Å². The first-order valence-electron chi connectivity index (χ1n) is 25.6. The predicted octanol–water partition coefficient (Wildman–Crippen LogP) is 10.7. The van der Waals surface area contributed by atoms with Crippen molar-refractivity contribution in [1.29, 1.82) is 0 Å². The average molecular weight is 1050 g/mol. The average Bonchev–Trinajstić information content (AvgIpc) is 4.10. The number of imide groups is 3. The predicted molar refractivity (Wildman–Crippen MR) is 294 cm³/mol. The highest BCUT2D eigenvalue weighted by Gasteiger charge is 2.56. The Morgan fingerprint density at radius 2 is 0.775 bits per heavy atom. The Morgan fingerprint density at radius 3 is 1.23 bits per heavy atom. The van der Waals surface area contributed by atoms with Crippen molar-refractivity contribution in [3.05, 3.63) is 256 Å². The minimum absolute atomic E-state index is 0.0173. The minimum atomic E-state index is -1.09. The topological polar surface area (TPSA) is 165 Å². The van der Waals surface area contributed by atoms with E-state index in [-0.39, 0.29) is 45.8 Å². The van der Waals surface area contributed by atoms with Crippen molar-refractivity contribution in [3.63, 3.8) is 0 Å². The van der Waals surface area contributed by atoms with Crippen LogP contribution in [-0.4, -0.2) is 47.0 Å². The highest BCUT2D eigenvalue weighted by Crippen LogP contribution is 2.49. The van der Waals surface area contributed by atoms with Crippen molar-refractivity contribution in [2.45, 2.75) is 12.3 Å². The molecule has 4 unspecified atom stereocenters. The first kappa shape index (κ1) is 48.6. The molecular formula is C67H39N3O10. The zero-order chi connectivity index (χ0) is 54.8. The second-order valence-corrected chi connectivity index (χ2v) is 19.7. The highest BCUT2D eigenvalue weighted by atomic mass is 16.5. The quantitative estimate of drug-likeness (QED) is 0.0812. The molecule has 2 fully saturated rings. The van der Waals surface area contributed by atoms with E-state index in [0.29, 0.717) is 56.8 Å². The summed E-state index contributed by atoms with van der Waals surface area (Å²) in [5, 5.41) is 0. The van der Waals surface area contributed by atoms with E-state index in [1.165, 1.54) is 6.08 Å². The second kappa shape index (κ2) is 19.5. The lowest BCUT2D eigenvalue weighted by Gasteiger charge is -2.23. The van der Waals surface area contributed by atoms with Gasteiger partial charge in [0.1, 0.15) is 28.9 Å². The van der Waals surface area contributed by atoms with Crippen molar-refractivity contribution in [2.24, 2.45) is 17.8 Å². The van der Waals surface area contributed by atoms with Gasteiger partial charge in [0.05, 0.1) is 45.2 Å². The van der Waals surface area contributed by atoms with Gasteiger partial charge in [0, 0.05) is 39.7 Å². The monoisotopic (exact) mass is 1050 g/mol. The number of amides is 6. The Bertz CT molecular complexity index is 4170. The number of hydrogen-bond donors (Lipinski definition) is 0. The molecule has 8 aromatic carbocycles. The smallest absolute Gasteiger partial charge is 0.266 e. The van der Waals surface area contributed by atoms with Gasteiger partial charge in [-0.1, -0.05) is 78.3 Å². The number of ether oxygens (including phenoxy) is 2. The van der Waals surface area contributed by atoms with E-state index in [9.17, 15) is 38.4 Å². The fourth-order valence-corrected chi connectivity index (χ4v) is 10.9. The van der Waals surface area contributed by atoms with Crippen LogP contribution in [0.15, 0.2) is 206 Å². The number of ketones is 2. The van der Waals surface area contributed by atoms with Gasteiger partial charge in [-0.05, 0) is 158 Å². The fourth-order valence-electron chi connectivity index (χ4n) is 10.9. The standard InChI is InChI=1S/C67H39N3O10/c71-60-53-37-57-58(67(78)70(66(57)77)46-23-31-50(32-24-46)80-49-29-21-45(22-30-49)69-63(74)52-34-16-42(36-56(52)65(69)76)14-12-40-9-5-2-6-10-40)38-54(53)61(72)59(60)43-17-25-47(26-18-43)79-48-27-19-44(20-28-48)68-62(73)51-33-15-41(35-55(51)64(68)75)13-11-39-7-3-1-4-8-39/h1-10,15-37,53-54,58-59H,38H2. The van der Waals surface area contributed by atoms with Crippen LogP contribution in [-0.2, 0) is 19.2 Å². The Morgan fingerprint density at radius 1 is 0.375 bits per heavy atom. The highest BCUT2D eigenvalue weighted by molar-refractivity contribution is 6.35. The lowest BCUT2D eigenvalue weighted by atomic mass is 9.77. The maximum absolute atomic E-state index is 14.0. The summed E-state index contributed by atoms with van der Waals surface area (Å²) in [5.41, 5.74) is 5.62. The summed E-state index contributed by atoms with van der Waals surface area (Å²) in [6.45, 7) is 0. The molecule has 0 spiro atoms. The van der Waals surface area contributed by atoms with Crippen LogP contribution in [0.1, 0.15) is 81.6 Å². The first-order valence-corrected chi connectivity index (χ1v) is 25.6. The molecular weight excluding hydrogens is 1010 g/mol. The molecule has 3 heterocycles. The summed E-state index contributed by atoms with van der Waals surface area (Å²) in [4.78, 5) is 113. The van der Waals surface area contributed by atoms with Crippen molar-refractivity contribution in [2.75, 3.05) is 14.7 Å². The molecule has 0 bridgehead atoms. The molecule has 382 valence electrons. The van der Waals surface area contributed by atoms with E-state index in [4.69, 9.17) is 9.47 Å². The number of allylic oxidation sites excluding steroid dienone is 1. The zero-order valence-electron chi connectivity index (χ0n) is 42.0. The van der Waals surface area contributed by atoms with Crippen LogP contribution in [0.4, 0.5) is 17.1 Å². The third-order valence-electron chi connectivity index (χ3n) is 14.9. The molecule has 3 aliphatic heterocycles. The third kappa shape index (κ3) is 8.52. The number of carbonyl (C=O) groups is 8. The van der Waals surface area contributed by atoms with Crippen molar-refractivity contribution in [1.82, 2.24) is 0 Å². The van der Waals surface area contributed by atoms with Crippen molar-refractivity contribution in [3.8, 4) is 46.7 Å².